The van der Waals surface area contributed by atoms with Gasteiger partial charge in [0.15, 0.2) is 0 Å². The van der Waals surface area contributed by atoms with E-state index >= 15 is 0 Å². The Bertz CT molecular complexity index is 563. The van der Waals surface area contributed by atoms with E-state index in [2.05, 4.69) is 16.4 Å². The third-order valence-corrected chi connectivity index (χ3v) is 3.48. The van der Waals surface area contributed by atoms with Gasteiger partial charge in [0.1, 0.15) is 11.3 Å². The number of pyridine rings is 1. The number of ether oxygens (including phenoxy) is 2. The standard InChI is InChI=1S/C15H18N2O2/c1-18-13-5-2-4-12-11(6-8-17-15(12)13)14-10-16-7-3-9-19-14/h2,4-6,8,14,16H,3,7,9-10H2,1H3. The average molecular weight is 258 g/mol. The molecule has 2 heterocycles. The molecule has 100 valence electrons. The first kappa shape index (κ1) is 12.4. The summed E-state index contributed by atoms with van der Waals surface area (Å²) in [5, 5.41) is 4.52. The van der Waals surface area contributed by atoms with Crippen LogP contribution < -0.4 is 10.1 Å². The molecule has 1 N–H and O–H groups in total. The van der Waals surface area contributed by atoms with Crippen molar-refractivity contribution in [2.75, 3.05) is 26.8 Å². The molecule has 0 aliphatic carbocycles. The van der Waals surface area contributed by atoms with Gasteiger partial charge in [0.05, 0.1) is 13.2 Å². The van der Waals surface area contributed by atoms with E-state index in [1.54, 1.807) is 7.11 Å². The molecule has 0 radical (unpaired) electrons. The minimum atomic E-state index is 0.0834. The lowest BCUT2D eigenvalue weighted by Crippen LogP contribution is -2.20. The molecule has 1 atom stereocenters. The Balaban J connectivity index is 2.07. The Morgan fingerprint density at radius 1 is 1.37 bits per heavy atom. The second-order valence-corrected chi connectivity index (χ2v) is 4.67. The Kier molecular flexibility index (Phi) is 3.62. The van der Waals surface area contributed by atoms with Crippen LogP contribution in [0.15, 0.2) is 30.5 Å². The van der Waals surface area contributed by atoms with Crippen molar-refractivity contribution in [3.63, 3.8) is 0 Å². The van der Waals surface area contributed by atoms with E-state index in [1.807, 2.05) is 24.4 Å². The predicted octanol–water partition coefficient (Wildman–Crippen LogP) is 2.29. The van der Waals surface area contributed by atoms with Gasteiger partial charge < -0.3 is 14.8 Å². The zero-order valence-corrected chi connectivity index (χ0v) is 11.1. The summed E-state index contributed by atoms with van der Waals surface area (Å²) >= 11 is 0. The fourth-order valence-electron chi connectivity index (χ4n) is 2.53. The van der Waals surface area contributed by atoms with Gasteiger partial charge in [-0.1, -0.05) is 12.1 Å². The zero-order chi connectivity index (χ0) is 13.1. The van der Waals surface area contributed by atoms with Gasteiger partial charge in [0.2, 0.25) is 0 Å². The lowest BCUT2D eigenvalue weighted by atomic mass is 10.0. The highest BCUT2D eigenvalue weighted by Gasteiger charge is 2.18. The maximum atomic E-state index is 5.94. The number of rotatable bonds is 2. The van der Waals surface area contributed by atoms with E-state index in [9.17, 15) is 0 Å². The maximum Gasteiger partial charge on any atom is 0.145 e. The molecule has 4 heteroatoms. The molecule has 1 unspecified atom stereocenters. The first-order valence-corrected chi connectivity index (χ1v) is 6.64. The smallest absolute Gasteiger partial charge is 0.145 e. The topological polar surface area (TPSA) is 43.4 Å². The molecule has 0 amide bonds. The monoisotopic (exact) mass is 258 g/mol. The van der Waals surface area contributed by atoms with E-state index in [1.165, 1.54) is 5.56 Å². The molecule has 1 aliphatic rings. The summed E-state index contributed by atoms with van der Waals surface area (Å²) in [7, 11) is 1.67. The average Bonchev–Trinajstić information content (AvgIpc) is 2.75. The number of methoxy groups -OCH3 is 1. The van der Waals surface area contributed by atoms with E-state index < -0.39 is 0 Å². The molecule has 4 nitrogen and oxygen atoms in total. The number of benzene rings is 1. The molecule has 1 aromatic carbocycles. The SMILES string of the molecule is COc1cccc2c(C3CNCCCO3)ccnc12. The van der Waals surface area contributed by atoms with E-state index in [0.29, 0.717) is 0 Å². The number of nitrogens with one attached hydrogen (secondary N) is 1. The largest absolute Gasteiger partial charge is 0.494 e. The summed E-state index contributed by atoms with van der Waals surface area (Å²) < 4.78 is 11.3. The van der Waals surface area contributed by atoms with Crippen LogP contribution in [0, 0.1) is 0 Å². The van der Waals surface area contributed by atoms with Crippen LogP contribution in [0.3, 0.4) is 0 Å². The lowest BCUT2D eigenvalue weighted by Gasteiger charge is -2.17. The van der Waals surface area contributed by atoms with E-state index in [-0.39, 0.29) is 6.10 Å². The van der Waals surface area contributed by atoms with Crippen LogP contribution in [0.1, 0.15) is 18.1 Å². The van der Waals surface area contributed by atoms with Crippen LogP contribution in [0.4, 0.5) is 0 Å². The Labute approximate surface area is 112 Å². The summed E-state index contributed by atoms with van der Waals surface area (Å²) in [6, 6.07) is 8.05. The number of fused-ring (bicyclic) bond motifs is 1. The molecule has 19 heavy (non-hydrogen) atoms. The Morgan fingerprint density at radius 2 is 2.32 bits per heavy atom. The summed E-state index contributed by atoms with van der Waals surface area (Å²) in [5.74, 6) is 0.806. The second-order valence-electron chi connectivity index (χ2n) is 4.67. The third kappa shape index (κ3) is 2.41. The maximum absolute atomic E-state index is 5.94. The summed E-state index contributed by atoms with van der Waals surface area (Å²) in [5.41, 5.74) is 2.08. The van der Waals surface area contributed by atoms with Crippen molar-refractivity contribution in [2.45, 2.75) is 12.5 Å². The molecule has 3 rings (SSSR count). The van der Waals surface area contributed by atoms with Crippen molar-refractivity contribution in [1.29, 1.82) is 0 Å². The molecule has 1 fully saturated rings. The lowest BCUT2D eigenvalue weighted by molar-refractivity contribution is 0.0678. The molecule has 0 bridgehead atoms. The van der Waals surface area contributed by atoms with E-state index in [4.69, 9.17) is 9.47 Å². The van der Waals surface area contributed by atoms with Gasteiger partial charge in [-0.3, -0.25) is 4.98 Å². The highest BCUT2D eigenvalue weighted by atomic mass is 16.5. The van der Waals surface area contributed by atoms with Crippen molar-refractivity contribution in [2.24, 2.45) is 0 Å². The van der Waals surface area contributed by atoms with Gasteiger partial charge in [-0.15, -0.1) is 0 Å². The normalized spacial score (nSPS) is 20.2. The molecule has 0 spiro atoms. The minimum Gasteiger partial charge on any atom is -0.494 e. The Morgan fingerprint density at radius 3 is 3.21 bits per heavy atom. The van der Waals surface area contributed by atoms with Crippen molar-refractivity contribution in [3.05, 3.63) is 36.0 Å². The molecule has 2 aromatic rings. The molecule has 1 aromatic heterocycles. The molecule has 0 saturated carbocycles. The fourth-order valence-corrected chi connectivity index (χ4v) is 2.53. The van der Waals surface area contributed by atoms with Gasteiger partial charge in [-0.2, -0.15) is 0 Å². The summed E-state index contributed by atoms with van der Waals surface area (Å²) in [6.45, 7) is 2.66. The molecule has 1 saturated heterocycles. The van der Waals surface area contributed by atoms with Crippen LogP contribution in [0.5, 0.6) is 5.75 Å². The highest BCUT2D eigenvalue weighted by molar-refractivity contribution is 5.87. The molecular formula is C15H18N2O2. The first-order chi connectivity index (χ1) is 9.40. The number of aromatic nitrogens is 1. The van der Waals surface area contributed by atoms with Gasteiger partial charge in [-0.25, -0.2) is 0 Å². The minimum absolute atomic E-state index is 0.0834. The van der Waals surface area contributed by atoms with Gasteiger partial charge in [0, 0.05) is 24.7 Å². The van der Waals surface area contributed by atoms with Gasteiger partial charge >= 0.3 is 0 Å². The number of hydrogen-bond acceptors (Lipinski definition) is 4. The summed E-state index contributed by atoms with van der Waals surface area (Å²) in [6.07, 6.45) is 2.97. The Hall–Kier alpha value is -1.65. The molecular weight excluding hydrogens is 240 g/mol. The van der Waals surface area contributed by atoms with Crippen LogP contribution in [-0.2, 0) is 4.74 Å². The quantitative estimate of drug-likeness (QED) is 0.897. The second kappa shape index (κ2) is 5.55. The van der Waals surface area contributed by atoms with Crippen LogP contribution in [-0.4, -0.2) is 31.8 Å². The van der Waals surface area contributed by atoms with Crippen LogP contribution in [0.2, 0.25) is 0 Å². The predicted molar refractivity (Wildman–Crippen MR) is 74.5 cm³/mol. The van der Waals surface area contributed by atoms with Gasteiger partial charge in [0.25, 0.3) is 0 Å². The third-order valence-electron chi connectivity index (χ3n) is 3.48. The van der Waals surface area contributed by atoms with Crippen LogP contribution in [0.25, 0.3) is 10.9 Å². The number of para-hydroxylation sites is 1. The van der Waals surface area contributed by atoms with Gasteiger partial charge in [-0.05, 0) is 30.7 Å². The zero-order valence-electron chi connectivity index (χ0n) is 11.1. The van der Waals surface area contributed by atoms with E-state index in [0.717, 1.165) is 42.8 Å². The summed E-state index contributed by atoms with van der Waals surface area (Å²) in [4.78, 5) is 4.43. The van der Waals surface area contributed by atoms with Crippen molar-refractivity contribution < 1.29 is 9.47 Å². The number of nitrogens with zero attached hydrogens (tertiary/aromatic N) is 1. The first-order valence-electron chi connectivity index (χ1n) is 6.64. The fraction of sp³-hybridized carbons (Fsp3) is 0.400. The molecule has 1 aliphatic heterocycles. The van der Waals surface area contributed by atoms with Crippen molar-refractivity contribution in [1.82, 2.24) is 10.3 Å². The van der Waals surface area contributed by atoms with Crippen LogP contribution >= 0.6 is 0 Å². The highest BCUT2D eigenvalue weighted by Crippen LogP contribution is 2.30. The van der Waals surface area contributed by atoms with Crippen molar-refractivity contribution >= 4 is 10.9 Å². The number of hydrogen-bond donors (Lipinski definition) is 1. The van der Waals surface area contributed by atoms with Crippen molar-refractivity contribution in [3.8, 4) is 5.75 Å².